The van der Waals surface area contributed by atoms with Crippen LogP contribution in [0.2, 0.25) is 0 Å². The molecule has 0 saturated carbocycles. The van der Waals surface area contributed by atoms with Gasteiger partial charge in [-0.1, -0.05) is 0 Å². The standard InChI is InChI=1S/Co.Fe.K.Mn.Ni. The minimum atomic E-state index is 0. The van der Waals surface area contributed by atoms with Gasteiger partial charge in [0.2, 0.25) is 0 Å². The molecule has 0 rings (SSSR count). The predicted molar refractivity (Wildman–Crippen MR) is 5.75 cm³/mol. The van der Waals surface area contributed by atoms with Gasteiger partial charge in [-0.2, -0.15) is 0 Å². The minimum absolute atomic E-state index is 0. The average Bonchev–Trinajstić information content (AvgIpc) is 0. The van der Waals surface area contributed by atoms with E-state index in [0.29, 0.717) is 0 Å². The molecule has 0 unspecified atom stereocenters. The topological polar surface area (TPSA) is 0 Å². The van der Waals surface area contributed by atoms with Crippen LogP contribution >= 0.6 is 0 Å². The summed E-state index contributed by atoms with van der Waals surface area (Å²) in [4.78, 5) is 0. The number of hydrogen-bond donors (Lipinski definition) is 0. The van der Waals surface area contributed by atoms with Crippen molar-refractivity contribution in [1.29, 1.82) is 0 Å². The van der Waals surface area contributed by atoms with Gasteiger partial charge < -0.3 is 0 Å². The van der Waals surface area contributed by atoms with Gasteiger partial charge in [-0.15, -0.1) is 0 Å². The van der Waals surface area contributed by atoms with Crippen LogP contribution in [-0.4, -0.2) is 51.4 Å². The van der Waals surface area contributed by atoms with Crippen molar-refractivity contribution in [2.45, 2.75) is 0 Å². The van der Waals surface area contributed by atoms with E-state index in [4.69, 9.17) is 0 Å². The number of rotatable bonds is 0. The van der Waals surface area contributed by atoms with E-state index in [2.05, 4.69) is 0 Å². The summed E-state index contributed by atoms with van der Waals surface area (Å²) in [5, 5.41) is 0. The van der Waals surface area contributed by atoms with Crippen LogP contribution < -0.4 is 0 Å². The van der Waals surface area contributed by atoms with E-state index in [9.17, 15) is 0 Å². The van der Waals surface area contributed by atoms with Crippen LogP contribution in [-0.2, 0) is 67.4 Å². The SMILES string of the molecule is [Co].[Fe].[K].[Mn].[Ni]. The van der Waals surface area contributed by atoms with Gasteiger partial charge in [-0.3, -0.25) is 0 Å². The molecule has 0 spiro atoms. The van der Waals surface area contributed by atoms with E-state index in [1.54, 1.807) is 0 Å². The first kappa shape index (κ1) is 37.8. The zero-order valence-corrected chi connectivity index (χ0v) is 9.82. The molecular formula is CoFeKMnNi. The molecule has 0 bridgehead atoms. The molecule has 0 heterocycles. The zero-order valence-electron chi connectivity index (χ0n) is 2.38. The Morgan fingerprint density at radius 2 is 1.00 bits per heavy atom. The molecule has 0 aromatic heterocycles. The maximum Gasteiger partial charge on any atom is 0 e. The largest absolute Gasteiger partial charge is 0 e. The van der Waals surface area contributed by atoms with E-state index in [1.807, 2.05) is 0 Å². The summed E-state index contributed by atoms with van der Waals surface area (Å²) < 4.78 is 0. The van der Waals surface area contributed by atoms with Crippen molar-refractivity contribution in [3.05, 3.63) is 0 Å². The van der Waals surface area contributed by atoms with Crippen LogP contribution in [0.4, 0.5) is 0 Å². The molecule has 0 aliphatic rings. The normalized spacial score (nSPS) is 0. The molecule has 0 aromatic rings. The molecule has 0 aliphatic carbocycles. The molecule has 0 aliphatic heterocycles. The maximum atomic E-state index is 0. The van der Waals surface area contributed by atoms with E-state index in [1.165, 1.54) is 0 Å². The Hall–Kier alpha value is 3.68. The van der Waals surface area contributed by atoms with E-state index < -0.39 is 0 Å². The fourth-order valence-electron chi connectivity index (χ4n) is 0. The van der Waals surface area contributed by atoms with Crippen molar-refractivity contribution in [1.82, 2.24) is 0 Å². The Labute approximate surface area is 116 Å². The van der Waals surface area contributed by atoms with Crippen molar-refractivity contribution >= 4 is 51.4 Å². The fraction of sp³-hybridized carbons (Fsp3) is 0. The Morgan fingerprint density at radius 1 is 1.00 bits per heavy atom. The van der Waals surface area contributed by atoms with Crippen molar-refractivity contribution in [3.63, 3.8) is 0 Å². The molecule has 0 saturated heterocycles. The molecule has 0 atom stereocenters. The summed E-state index contributed by atoms with van der Waals surface area (Å²) in [5.41, 5.74) is 0. The van der Waals surface area contributed by atoms with Gasteiger partial charge in [-0.25, -0.2) is 0 Å². The average molecular weight is 268 g/mol. The Bertz CT molecular complexity index is 11.6. The van der Waals surface area contributed by atoms with E-state index in [-0.39, 0.29) is 119 Å². The molecule has 0 fully saturated rings. The monoisotopic (exact) mass is 267 g/mol. The summed E-state index contributed by atoms with van der Waals surface area (Å²) >= 11 is 0. The second kappa shape index (κ2) is 25.3. The molecule has 35 valence electrons. The Balaban J connectivity index is 0. The third kappa shape index (κ3) is 18.3. The van der Waals surface area contributed by atoms with E-state index in [0.717, 1.165) is 0 Å². The van der Waals surface area contributed by atoms with Crippen LogP contribution in [0.3, 0.4) is 0 Å². The zero-order chi connectivity index (χ0) is 0. The van der Waals surface area contributed by atoms with Gasteiger partial charge in [-0.05, 0) is 0 Å². The third-order valence-corrected chi connectivity index (χ3v) is 0. The molecule has 0 nitrogen and oxygen atoms in total. The van der Waals surface area contributed by atoms with Gasteiger partial charge in [0.1, 0.15) is 0 Å². The Morgan fingerprint density at radius 3 is 1.00 bits per heavy atom. The van der Waals surface area contributed by atoms with Crippen LogP contribution in [0.15, 0.2) is 0 Å². The Kier molecular flexibility index (Phi) is 192. The van der Waals surface area contributed by atoms with Crippen molar-refractivity contribution < 1.29 is 67.4 Å². The van der Waals surface area contributed by atoms with Gasteiger partial charge in [0, 0.05) is 119 Å². The molecule has 5 heteroatoms. The van der Waals surface area contributed by atoms with E-state index >= 15 is 0 Å². The molecule has 0 amide bonds. The summed E-state index contributed by atoms with van der Waals surface area (Å²) in [5.74, 6) is 0. The van der Waals surface area contributed by atoms with Gasteiger partial charge in [0.15, 0.2) is 0 Å². The summed E-state index contributed by atoms with van der Waals surface area (Å²) in [6.07, 6.45) is 0. The summed E-state index contributed by atoms with van der Waals surface area (Å²) in [7, 11) is 0. The second-order valence-electron chi connectivity index (χ2n) is 0. The first-order valence-corrected chi connectivity index (χ1v) is 0. The second-order valence-corrected chi connectivity index (χ2v) is 0. The van der Waals surface area contributed by atoms with Gasteiger partial charge >= 0.3 is 0 Å². The van der Waals surface area contributed by atoms with Crippen LogP contribution in [0.25, 0.3) is 0 Å². The fourth-order valence-corrected chi connectivity index (χ4v) is 0. The quantitative estimate of drug-likeness (QED) is 0.525. The number of hydrogen-bond acceptors (Lipinski definition) is 0. The molecule has 0 N–H and O–H groups in total. The summed E-state index contributed by atoms with van der Waals surface area (Å²) in [6, 6.07) is 0. The van der Waals surface area contributed by atoms with Crippen molar-refractivity contribution in [3.8, 4) is 0 Å². The smallest absolute Gasteiger partial charge is 0 e. The first-order chi connectivity index (χ1) is 0. The maximum absolute atomic E-state index is 0. The van der Waals surface area contributed by atoms with Crippen molar-refractivity contribution in [2.75, 3.05) is 0 Å². The molecule has 0 aromatic carbocycles. The van der Waals surface area contributed by atoms with Gasteiger partial charge in [0.25, 0.3) is 0 Å². The first-order valence-electron chi connectivity index (χ1n) is 0. The molecule has 5 heavy (non-hydrogen) atoms. The summed E-state index contributed by atoms with van der Waals surface area (Å²) in [6.45, 7) is 0. The van der Waals surface area contributed by atoms with Crippen LogP contribution in [0, 0.1) is 0 Å². The molecule has 3 radical (unpaired) electrons. The van der Waals surface area contributed by atoms with Gasteiger partial charge in [0.05, 0.1) is 0 Å². The van der Waals surface area contributed by atoms with Crippen LogP contribution in [0.5, 0.6) is 0 Å². The van der Waals surface area contributed by atoms with Crippen LogP contribution in [0.1, 0.15) is 0 Å². The minimum Gasteiger partial charge on any atom is 0 e. The molecular weight excluding hydrogens is 268 g/mol. The predicted octanol–water partition coefficient (Wildman–Crippen LogP) is -0.391. The third-order valence-electron chi connectivity index (χ3n) is 0. The van der Waals surface area contributed by atoms with Crippen molar-refractivity contribution in [2.24, 2.45) is 0 Å².